The van der Waals surface area contributed by atoms with E-state index in [1.165, 1.54) is 5.57 Å². The molecule has 0 saturated carbocycles. The third-order valence-corrected chi connectivity index (χ3v) is 33.9. The summed E-state index contributed by atoms with van der Waals surface area (Å²) < 4.78 is 5.98. The molecule has 0 bridgehead atoms. The van der Waals surface area contributed by atoms with Crippen molar-refractivity contribution in [2.45, 2.75) is 49.3 Å². The fourth-order valence-electron chi connectivity index (χ4n) is 3.24. The summed E-state index contributed by atoms with van der Waals surface area (Å²) in [7, 11) is 0. The van der Waals surface area contributed by atoms with Crippen LogP contribution < -0.4 is 52.5 Å². The van der Waals surface area contributed by atoms with Gasteiger partial charge in [0.25, 0.3) is 0 Å². The van der Waals surface area contributed by atoms with Crippen LogP contribution in [0.1, 0.15) is 27.2 Å². The van der Waals surface area contributed by atoms with Crippen molar-refractivity contribution < 1.29 is 64.2 Å². The quantitative estimate of drug-likeness (QED) is 0.0535. The first kappa shape index (κ1) is 17.4. The average Bonchev–Trinajstić information content (AvgIpc) is 3.30. The van der Waals surface area contributed by atoms with Crippen molar-refractivity contribution >= 4 is 22.1 Å². The molecule has 4 saturated heterocycles. The first-order chi connectivity index (χ1) is 10.3. The van der Waals surface area contributed by atoms with Crippen LogP contribution in [0.4, 0.5) is 0 Å². The molecule has 0 N–H and O–H groups in total. The van der Waals surface area contributed by atoms with Crippen LogP contribution in [0, 0.1) is 16.3 Å². The molecular formula is C12H17I4N2O4-3. The number of carbonyl (C=O) groups excluding carboxylic acids is 1. The minimum absolute atomic E-state index is 0.00445. The van der Waals surface area contributed by atoms with Crippen molar-refractivity contribution in [1.82, 2.24) is 0 Å². The van der Waals surface area contributed by atoms with Gasteiger partial charge >= 0.3 is 164 Å². The summed E-state index contributed by atoms with van der Waals surface area (Å²) >= 11 is -2.54. The van der Waals surface area contributed by atoms with Crippen LogP contribution in [0.3, 0.4) is 0 Å². The number of halogens is 4. The number of hydrogen-bond donors (Lipinski definition) is 0. The van der Waals surface area contributed by atoms with Crippen molar-refractivity contribution in [2.24, 2.45) is 5.92 Å². The van der Waals surface area contributed by atoms with Gasteiger partial charge in [0.1, 0.15) is 0 Å². The number of hydrogen-bond acceptors (Lipinski definition) is 4. The Labute approximate surface area is 161 Å². The summed E-state index contributed by atoms with van der Waals surface area (Å²) in [6.07, 6.45) is 2.62. The number of esters is 1. The summed E-state index contributed by atoms with van der Waals surface area (Å²) in [5.74, 6) is -0.465. The van der Waals surface area contributed by atoms with Crippen molar-refractivity contribution in [1.29, 1.82) is 0 Å². The average molecular weight is 761 g/mol. The van der Waals surface area contributed by atoms with Gasteiger partial charge in [-0.3, -0.25) is 0 Å². The Kier molecular flexibility index (Phi) is 4.53. The van der Waals surface area contributed by atoms with Gasteiger partial charge in [0.15, 0.2) is 0 Å². The third kappa shape index (κ3) is 2.69. The molecule has 0 aromatic heterocycles. The first-order valence-corrected chi connectivity index (χ1v) is 24.7. The second-order valence-electron chi connectivity index (χ2n) is 6.19. The van der Waals surface area contributed by atoms with Crippen molar-refractivity contribution in [3.63, 3.8) is 0 Å². The molecule has 4 aliphatic heterocycles. The van der Waals surface area contributed by atoms with Crippen molar-refractivity contribution in [2.75, 3.05) is 0 Å². The van der Waals surface area contributed by atoms with E-state index in [9.17, 15) is 15.2 Å². The molecule has 2 unspecified atom stereocenters. The number of ether oxygens (including phenoxy) is 1. The first-order valence-electron chi connectivity index (χ1n) is 7.01. The second kappa shape index (κ2) is 5.73. The molecule has 0 spiro atoms. The number of fused-ring (bicyclic) bond motifs is 3. The molecule has 0 amide bonds. The van der Waals surface area contributed by atoms with Gasteiger partial charge < -0.3 is 0 Å². The van der Waals surface area contributed by atoms with Crippen LogP contribution in [0.5, 0.6) is 0 Å². The van der Waals surface area contributed by atoms with E-state index in [-0.39, 0.29) is 88.7 Å². The molecular weight excluding hydrogens is 744 g/mol. The van der Waals surface area contributed by atoms with Gasteiger partial charge in [0, 0.05) is 0 Å². The van der Waals surface area contributed by atoms with Gasteiger partial charge in [-0.25, -0.2) is 0 Å². The number of allylic oxidation sites excluding steroid dienone is 1. The Morgan fingerprint density at radius 2 is 2.09 bits per heavy atom. The molecule has 0 radical (unpaired) electrons. The van der Waals surface area contributed by atoms with Crippen molar-refractivity contribution in [3.05, 3.63) is 22.1 Å². The van der Waals surface area contributed by atoms with E-state index in [2.05, 4.69) is 6.08 Å². The van der Waals surface area contributed by atoms with E-state index in [1.807, 2.05) is 20.8 Å². The molecule has 6 nitrogen and oxygen atoms in total. The molecule has 4 rings (SSSR count). The Hall–Kier alpha value is 1.97. The molecule has 0 aromatic carbocycles. The SMILES string of the molecule is CC(C)=C[C@@H]1C[C@@H]2OC(=O)[C@H](C)[C@@H]([N+]3([O-])[I-][I-]3)C2I2[I-][N+]12[O-]. The summed E-state index contributed by atoms with van der Waals surface area (Å²) in [6.45, 7) is 5.92. The zero-order valence-electron chi connectivity index (χ0n) is 12.2. The summed E-state index contributed by atoms with van der Waals surface area (Å²) in [4.78, 5) is 12.2. The Bertz CT molecular complexity index is 567. The second-order valence-corrected chi connectivity index (χ2v) is 32.5. The summed E-state index contributed by atoms with van der Waals surface area (Å²) in [6, 6.07) is -0.0804. The van der Waals surface area contributed by atoms with Crippen LogP contribution in [-0.4, -0.2) is 30.2 Å². The Morgan fingerprint density at radius 1 is 1.41 bits per heavy atom. The fraction of sp³-hybridized carbons (Fsp3) is 0.750. The maximum absolute atomic E-state index is 13.2. The Balaban J connectivity index is 1.68. The van der Waals surface area contributed by atoms with Crippen molar-refractivity contribution in [3.8, 4) is 0 Å². The Morgan fingerprint density at radius 3 is 2.68 bits per heavy atom. The standard InChI is InChI=1S/C12H17I4N2O4/c1-6(2)4-8-5-9-10(16-15-18(8,16)21)11(17(20)13-14-17)7(3)12(19)22-9/h4,7-11H,5H2,1-3H3/q-3/t7-,8-,9+,10?,11-,18?/m1/s1. The zero-order chi connectivity index (χ0) is 15.9. The molecule has 10 heteroatoms. The van der Waals surface area contributed by atoms with Crippen LogP contribution >= 0.6 is 16.1 Å². The molecule has 4 heterocycles. The third-order valence-electron chi connectivity index (χ3n) is 4.32. The van der Waals surface area contributed by atoms with E-state index < -0.39 is 16.1 Å². The monoisotopic (exact) mass is 761 g/mol. The number of alkyl halides is 1. The van der Waals surface area contributed by atoms with Crippen LogP contribution in [0.25, 0.3) is 0 Å². The van der Waals surface area contributed by atoms with E-state index in [4.69, 9.17) is 4.74 Å². The van der Waals surface area contributed by atoms with Crippen LogP contribution in [0.15, 0.2) is 11.6 Å². The van der Waals surface area contributed by atoms with E-state index in [0.717, 1.165) is 0 Å². The van der Waals surface area contributed by atoms with Crippen LogP contribution in [-0.2, 0) is 9.53 Å². The number of rotatable bonds is 2. The predicted molar refractivity (Wildman–Crippen MR) is 75.7 cm³/mol. The molecule has 130 valence electrons. The maximum atomic E-state index is 13.2. The van der Waals surface area contributed by atoms with Gasteiger partial charge in [-0.15, -0.1) is 0 Å². The van der Waals surface area contributed by atoms with Gasteiger partial charge in [-0.05, 0) is 0 Å². The molecule has 22 heavy (non-hydrogen) atoms. The molecule has 4 fully saturated rings. The topological polar surface area (TPSA) is 72.4 Å². The van der Waals surface area contributed by atoms with E-state index in [1.54, 1.807) is 0 Å². The number of carbonyl (C=O) groups is 1. The predicted octanol–water partition coefficient (Wildman–Crippen LogP) is -7.06. The number of hydroxylamine groups is 2. The summed E-state index contributed by atoms with van der Waals surface area (Å²) in [5, 5.41) is 26.0. The van der Waals surface area contributed by atoms with E-state index >= 15 is 0 Å². The van der Waals surface area contributed by atoms with Gasteiger partial charge in [0.05, 0.1) is 0 Å². The minimum atomic E-state index is -1.69. The molecule has 0 aromatic rings. The van der Waals surface area contributed by atoms with Gasteiger partial charge in [0.2, 0.25) is 0 Å². The fourth-order valence-corrected chi connectivity index (χ4v) is 34.6. The number of quaternary nitrogens is 2. The van der Waals surface area contributed by atoms with Crippen LogP contribution in [0.2, 0.25) is 0 Å². The van der Waals surface area contributed by atoms with E-state index in [0.29, 0.717) is 6.42 Å². The summed E-state index contributed by atoms with van der Waals surface area (Å²) in [5.41, 5.74) is 1.17. The molecule has 6 atom stereocenters. The zero-order valence-corrected chi connectivity index (χ0v) is 20.8. The molecule has 0 aliphatic carbocycles. The van der Waals surface area contributed by atoms with Gasteiger partial charge in [-0.1, -0.05) is 0 Å². The van der Waals surface area contributed by atoms with Gasteiger partial charge in [-0.2, -0.15) is 0 Å². The number of nitrogens with zero attached hydrogens (tertiary/aromatic N) is 2. The molecule has 4 aliphatic rings. The normalized spacial score (nSPS) is 50.7.